The van der Waals surface area contributed by atoms with Gasteiger partial charge in [-0.2, -0.15) is 4.98 Å². The molecule has 0 aliphatic carbocycles. The topological polar surface area (TPSA) is 75.2 Å². The maximum atomic E-state index is 14.2. The first-order valence-electron chi connectivity index (χ1n) is 7.97. The van der Waals surface area contributed by atoms with Crippen molar-refractivity contribution in [3.63, 3.8) is 0 Å². The molecule has 3 aromatic rings. The standard InChI is InChI=1S/C18H19FN4O2/c1-2-24-11-12-25-18-21-17(15-5-3-4-6-16(15)19)23(22-18)14-9-7-13(20)8-10-14/h3-10H,2,11-12,20H2,1H3. The van der Waals surface area contributed by atoms with Gasteiger partial charge >= 0.3 is 6.01 Å². The Kier molecular flexibility index (Phi) is 5.25. The lowest BCUT2D eigenvalue weighted by Crippen LogP contribution is -2.07. The summed E-state index contributed by atoms with van der Waals surface area (Å²) in [5.41, 5.74) is 7.41. The van der Waals surface area contributed by atoms with E-state index in [2.05, 4.69) is 10.1 Å². The van der Waals surface area contributed by atoms with Crippen molar-refractivity contribution in [3.05, 3.63) is 54.3 Å². The Balaban J connectivity index is 1.97. The number of anilines is 1. The Labute approximate surface area is 145 Å². The molecule has 7 heteroatoms. The lowest BCUT2D eigenvalue weighted by atomic mass is 10.2. The maximum Gasteiger partial charge on any atom is 0.336 e. The summed E-state index contributed by atoms with van der Waals surface area (Å²) in [6, 6.07) is 13.6. The third-order valence-electron chi connectivity index (χ3n) is 3.50. The average Bonchev–Trinajstić information content (AvgIpc) is 3.04. The molecule has 0 bridgehead atoms. The van der Waals surface area contributed by atoms with Gasteiger partial charge < -0.3 is 15.2 Å². The van der Waals surface area contributed by atoms with Gasteiger partial charge in [0, 0.05) is 12.3 Å². The zero-order valence-electron chi connectivity index (χ0n) is 13.9. The molecular weight excluding hydrogens is 323 g/mol. The fourth-order valence-electron chi connectivity index (χ4n) is 2.30. The number of rotatable bonds is 7. The first-order chi connectivity index (χ1) is 12.2. The SMILES string of the molecule is CCOCCOc1nc(-c2ccccc2F)n(-c2ccc(N)cc2)n1. The van der Waals surface area contributed by atoms with Gasteiger partial charge in [-0.15, -0.1) is 5.10 Å². The Bertz CT molecular complexity index is 833. The second kappa shape index (κ2) is 7.76. The van der Waals surface area contributed by atoms with E-state index in [0.717, 1.165) is 0 Å². The summed E-state index contributed by atoms with van der Waals surface area (Å²) in [4.78, 5) is 4.34. The molecule has 130 valence electrons. The van der Waals surface area contributed by atoms with Crippen LogP contribution in [0.1, 0.15) is 6.92 Å². The van der Waals surface area contributed by atoms with Crippen molar-refractivity contribution in [1.82, 2.24) is 14.8 Å². The van der Waals surface area contributed by atoms with E-state index in [4.69, 9.17) is 15.2 Å². The van der Waals surface area contributed by atoms with Gasteiger partial charge in [-0.1, -0.05) is 12.1 Å². The average molecular weight is 342 g/mol. The van der Waals surface area contributed by atoms with Crippen LogP contribution in [0.15, 0.2) is 48.5 Å². The molecule has 0 amide bonds. The summed E-state index contributed by atoms with van der Waals surface area (Å²) < 4.78 is 26.5. The van der Waals surface area contributed by atoms with Crippen LogP contribution in [-0.4, -0.2) is 34.6 Å². The number of benzene rings is 2. The van der Waals surface area contributed by atoms with Gasteiger partial charge in [0.2, 0.25) is 0 Å². The molecule has 1 heterocycles. The van der Waals surface area contributed by atoms with E-state index in [1.165, 1.54) is 10.7 Å². The molecule has 0 saturated carbocycles. The van der Waals surface area contributed by atoms with E-state index in [9.17, 15) is 4.39 Å². The Morgan fingerprint density at radius 2 is 1.84 bits per heavy atom. The van der Waals surface area contributed by atoms with Gasteiger partial charge in [0.05, 0.1) is 17.9 Å². The molecule has 0 aliphatic heterocycles. The third-order valence-corrected chi connectivity index (χ3v) is 3.50. The molecule has 0 atom stereocenters. The molecule has 25 heavy (non-hydrogen) atoms. The van der Waals surface area contributed by atoms with Crippen LogP contribution < -0.4 is 10.5 Å². The summed E-state index contributed by atoms with van der Waals surface area (Å²) in [5.74, 6) is -0.0262. The Morgan fingerprint density at radius 1 is 1.08 bits per heavy atom. The summed E-state index contributed by atoms with van der Waals surface area (Å²) in [6.07, 6.45) is 0. The van der Waals surface area contributed by atoms with E-state index >= 15 is 0 Å². The largest absolute Gasteiger partial charge is 0.460 e. The highest BCUT2D eigenvalue weighted by Crippen LogP contribution is 2.26. The highest BCUT2D eigenvalue weighted by molar-refractivity contribution is 5.59. The first kappa shape index (κ1) is 16.9. The zero-order valence-corrected chi connectivity index (χ0v) is 13.9. The summed E-state index contributed by atoms with van der Waals surface area (Å²) >= 11 is 0. The number of aromatic nitrogens is 3. The summed E-state index contributed by atoms with van der Waals surface area (Å²) in [5, 5.41) is 4.35. The van der Waals surface area contributed by atoms with Gasteiger partial charge in [0.15, 0.2) is 5.82 Å². The molecule has 0 saturated heterocycles. The minimum atomic E-state index is -0.382. The van der Waals surface area contributed by atoms with E-state index < -0.39 is 0 Å². The van der Waals surface area contributed by atoms with Gasteiger partial charge in [-0.05, 0) is 43.3 Å². The molecule has 2 N–H and O–H groups in total. The molecule has 6 nitrogen and oxygen atoms in total. The van der Waals surface area contributed by atoms with Crippen LogP contribution in [0.25, 0.3) is 17.1 Å². The minimum absolute atomic E-state index is 0.162. The monoisotopic (exact) mass is 342 g/mol. The molecule has 0 unspecified atom stereocenters. The summed E-state index contributed by atoms with van der Waals surface area (Å²) in [7, 11) is 0. The van der Waals surface area contributed by atoms with Crippen LogP contribution in [0.2, 0.25) is 0 Å². The fraction of sp³-hybridized carbons (Fsp3) is 0.222. The van der Waals surface area contributed by atoms with Crippen LogP contribution in [0.5, 0.6) is 6.01 Å². The molecule has 0 radical (unpaired) electrons. The highest BCUT2D eigenvalue weighted by Gasteiger charge is 2.17. The van der Waals surface area contributed by atoms with Crippen LogP contribution in [0.4, 0.5) is 10.1 Å². The predicted molar refractivity (Wildman–Crippen MR) is 93.2 cm³/mol. The van der Waals surface area contributed by atoms with Crippen molar-refractivity contribution in [2.45, 2.75) is 6.92 Å². The molecule has 0 fully saturated rings. The maximum absolute atomic E-state index is 14.2. The number of halogens is 1. The van der Waals surface area contributed by atoms with Crippen molar-refractivity contribution >= 4 is 5.69 Å². The van der Waals surface area contributed by atoms with Gasteiger partial charge in [-0.3, -0.25) is 0 Å². The normalized spacial score (nSPS) is 10.8. The second-order valence-electron chi connectivity index (χ2n) is 5.25. The Hall–Kier alpha value is -2.93. The number of ether oxygens (including phenoxy) is 2. The molecule has 2 aromatic carbocycles. The van der Waals surface area contributed by atoms with Crippen molar-refractivity contribution in [1.29, 1.82) is 0 Å². The summed E-state index contributed by atoms with van der Waals surface area (Å²) in [6.45, 7) is 3.26. The zero-order chi connectivity index (χ0) is 17.6. The van der Waals surface area contributed by atoms with Crippen molar-refractivity contribution in [2.24, 2.45) is 0 Å². The lowest BCUT2D eigenvalue weighted by molar-refractivity contribution is 0.106. The highest BCUT2D eigenvalue weighted by atomic mass is 19.1. The van der Waals surface area contributed by atoms with E-state index in [0.29, 0.717) is 42.6 Å². The van der Waals surface area contributed by atoms with Gasteiger partial charge in [-0.25, -0.2) is 9.07 Å². The smallest absolute Gasteiger partial charge is 0.336 e. The molecule has 0 aliphatic rings. The number of nitrogens with zero attached hydrogens (tertiary/aromatic N) is 3. The Morgan fingerprint density at radius 3 is 2.56 bits per heavy atom. The van der Waals surface area contributed by atoms with Crippen molar-refractivity contribution < 1.29 is 13.9 Å². The molecule has 0 spiro atoms. The quantitative estimate of drug-likeness (QED) is 0.527. The fourth-order valence-corrected chi connectivity index (χ4v) is 2.30. The van der Waals surface area contributed by atoms with E-state index in [1.54, 1.807) is 42.5 Å². The van der Waals surface area contributed by atoms with Crippen LogP contribution in [0, 0.1) is 5.82 Å². The first-order valence-corrected chi connectivity index (χ1v) is 7.97. The van der Waals surface area contributed by atoms with Crippen LogP contribution in [-0.2, 0) is 4.74 Å². The lowest BCUT2D eigenvalue weighted by Gasteiger charge is -2.06. The number of hydrogen-bond donors (Lipinski definition) is 1. The van der Waals surface area contributed by atoms with Crippen LogP contribution in [0.3, 0.4) is 0 Å². The number of nitrogens with two attached hydrogens (primary N) is 1. The van der Waals surface area contributed by atoms with E-state index in [1.807, 2.05) is 6.92 Å². The molecule has 1 aromatic heterocycles. The second-order valence-corrected chi connectivity index (χ2v) is 5.25. The van der Waals surface area contributed by atoms with Gasteiger partial charge in [0.1, 0.15) is 12.4 Å². The molecular formula is C18H19FN4O2. The van der Waals surface area contributed by atoms with E-state index in [-0.39, 0.29) is 11.8 Å². The van der Waals surface area contributed by atoms with Crippen LogP contribution >= 0.6 is 0 Å². The third kappa shape index (κ3) is 3.95. The number of nitrogen functional groups attached to an aromatic ring is 1. The number of hydrogen-bond acceptors (Lipinski definition) is 5. The van der Waals surface area contributed by atoms with Crippen molar-refractivity contribution in [2.75, 3.05) is 25.6 Å². The minimum Gasteiger partial charge on any atom is -0.460 e. The van der Waals surface area contributed by atoms with Crippen molar-refractivity contribution in [3.8, 4) is 23.1 Å². The van der Waals surface area contributed by atoms with Gasteiger partial charge in [0.25, 0.3) is 0 Å². The molecule has 3 rings (SSSR count). The predicted octanol–water partition coefficient (Wildman–Crippen LogP) is 3.07.